The molecule has 0 aliphatic carbocycles. The van der Waals surface area contributed by atoms with Gasteiger partial charge in [0.25, 0.3) is 0 Å². The molecule has 0 bridgehead atoms. The van der Waals surface area contributed by atoms with E-state index < -0.39 is 0 Å². The van der Waals surface area contributed by atoms with E-state index in [1.54, 1.807) is 0 Å². The average molecular weight is 225 g/mol. The predicted octanol–water partition coefficient (Wildman–Crippen LogP) is 2.37. The van der Waals surface area contributed by atoms with Gasteiger partial charge in [-0.2, -0.15) is 0 Å². The Hall–Kier alpha value is -0.830. The Kier molecular flexibility index (Phi) is 5.53. The summed E-state index contributed by atoms with van der Waals surface area (Å²) >= 11 is 0. The number of rotatable bonds is 5. The number of hydrogen-bond acceptors (Lipinski definition) is 3. The molecular formula is C13H23NO2. The van der Waals surface area contributed by atoms with Gasteiger partial charge in [0, 0.05) is 6.42 Å². The minimum atomic E-state index is -0.101. The summed E-state index contributed by atoms with van der Waals surface area (Å²) < 4.78 is 5.32. The van der Waals surface area contributed by atoms with Crippen LogP contribution in [-0.4, -0.2) is 36.6 Å². The van der Waals surface area contributed by atoms with Crippen LogP contribution < -0.4 is 0 Å². The van der Waals surface area contributed by atoms with E-state index in [0.29, 0.717) is 6.54 Å². The second-order valence-electron chi connectivity index (χ2n) is 4.80. The highest BCUT2D eigenvalue weighted by Gasteiger charge is 2.16. The molecule has 0 aromatic heterocycles. The maximum atomic E-state index is 11.6. The normalized spacial score (nSPS) is 19.1. The zero-order chi connectivity index (χ0) is 12.0. The molecule has 1 aliphatic rings. The Morgan fingerprint density at radius 2 is 2.00 bits per heavy atom. The highest BCUT2D eigenvalue weighted by molar-refractivity contribution is 5.71. The fourth-order valence-corrected chi connectivity index (χ4v) is 2.09. The van der Waals surface area contributed by atoms with Crippen molar-refractivity contribution in [2.24, 2.45) is 0 Å². The highest BCUT2D eigenvalue weighted by atomic mass is 16.5. The third kappa shape index (κ3) is 5.31. The Bertz CT molecular complexity index is 244. The fraction of sp³-hybridized carbons (Fsp3) is 0.769. The molecule has 1 fully saturated rings. The monoisotopic (exact) mass is 225 g/mol. The van der Waals surface area contributed by atoms with E-state index in [1.807, 2.05) is 13.8 Å². The molecular weight excluding hydrogens is 202 g/mol. The number of carbonyl (C=O) groups excluding carboxylic acids is 1. The van der Waals surface area contributed by atoms with Gasteiger partial charge in [-0.15, -0.1) is 6.58 Å². The second-order valence-corrected chi connectivity index (χ2v) is 4.80. The van der Waals surface area contributed by atoms with Crippen LogP contribution in [0.4, 0.5) is 0 Å². The maximum Gasteiger partial charge on any atom is 0.320 e. The van der Waals surface area contributed by atoms with E-state index in [1.165, 1.54) is 19.3 Å². The summed E-state index contributed by atoms with van der Waals surface area (Å²) in [5.74, 6) is -0.101. The van der Waals surface area contributed by atoms with Crippen LogP contribution in [0, 0.1) is 0 Å². The van der Waals surface area contributed by atoms with Crippen molar-refractivity contribution in [2.45, 2.75) is 45.6 Å². The molecule has 1 saturated heterocycles. The summed E-state index contributed by atoms with van der Waals surface area (Å²) in [5.41, 5.74) is 1.05. The first kappa shape index (κ1) is 13.2. The lowest BCUT2D eigenvalue weighted by atomic mass is 10.1. The molecule has 0 radical (unpaired) electrons. The highest BCUT2D eigenvalue weighted by Crippen LogP contribution is 2.10. The SMILES string of the molecule is C=C(C)CC(C)OC(=O)CN1CCCCC1. The van der Waals surface area contributed by atoms with E-state index in [-0.39, 0.29) is 12.1 Å². The second kappa shape index (κ2) is 6.69. The Balaban J connectivity index is 2.21. The smallest absolute Gasteiger partial charge is 0.320 e. The fourth-order valence-electron chi connectivity index (χ4n) is 2.09. The molecule has 0 aromatic carbocycles. The van der Waals surface area contributed by atoms with E-state index >= 15 is 0 Å². The van der Waals surface area contributed by atoms with Crippen molar-refractivity contribution in [3.63, 3.8) is 0 Å². The summed E-state index contributed by atoms with van der Waals surface area (Å²) in [6.07, 6.45) is 4.40. The molecule has 0 saturated carbocycles. The summed E-state index contributed by atoms with van der Waals surface area (Å²) in [4.78, 5) is 13.8. The van der Waals surface area contributed by atoms with E-state index in [4.69, 9.17) is 4.74 Å². The maximum absolute atomic E-state index is 11.6. The van der Waals surface area contributed by atoms with Crippen molar-refractivity contribution >= 4 is 5.97 Å². The van der Waals surface area contributed by atoms with Crippen molar-refractivity contribution in [1.29, 1.82) is 0 Å². The van der Waals surface area contributed by atoms with Gasteiger partial charge in [-0.3, -0.25) is 9.69 Å². The first-order valence-corrected chi connectivity index (χ1v) is 6.14. The quantitative estimate of drug-likeness (QED) is 0.531. The van der Waals surface area contributed by atoms with Crippen molar-refractivity contribution in [2.75, 3.05) is 19.6 Å². The number of ether oxygens (including phenoxy) is 1. The number of likely N-dealkylation sites (tertiary alicyclic amines) is 1. The van der Waals surface area contributed by atoms with Gasteiger partial charge in [0.1, 0.15) is 6.10 Å². The van der Waals surface area contributed by atoms with Crippen LogP contribution in [0.15, 0.2) is 12.2 Å². The molecule has 3 nitrogen and oxygen atoms in total. The molecule has 92 valence electrons. The molecule has 0 aromatic rings. The summed E-state index contributed by atoms with van der Waals surface area (Å²) in [6, 6.07) is 0. The molecule has 1 atom stereocenters. The zero-order valence-corrected chi connectivity index (χ0v) is 10.5. The van der Waals surface area contributed by atoms with Crippen molar-refractivity contribution in [1.82, 2.24) is 4.90 Å². The van der Waals surface area contributed by atoms with Crippen LogP contribution in [0.1, 0.15) is 39.5 Å². The molecule has 0 N–H and O–H groups in total. The van der Waals surface area contributed by atoms with E-state index in [0.717, 1.165) is 25.1 Å². The molecule has 0 amide bonds. The first-order chi connectivity index (χ1) is 7.58. The van der Waals surface area contributed by atoms with Gasteiger partial charge < -0.3 is 4.74 Å². The largest absolute Gasteiger partial charge is 0.461 e. The van der Waals surface area contributed by atoms with Crippen LogP contribution in [0.5, 0.6) is 0 Å². The number of carbonyl (C=O) groups is 1. The van der Waals surface area contributed by atoms with Gasteiger partial charge >= 0.3 is 5.97 Å². The van der Waals surface area contributed by atoms with Crippen LogP contribution >= 0.6 is 0 Å². The van der Waals surface area contributed by atoms with Gasteiger partial charge in [0.15, 0.2) is 0 Å². The van der Waals surface area contributed by atoms with Crippen LogP contribution in [0.3, 0.4) is 0 Å². The van der Waals surface area contributed by atoms with Crippen LogP contribution in [0.2, 0.25) is 0 Å². The topological polar surface area (TPSA) is 29.5 Å². The number of esters is 1. The van der Waals surface area contributed by atoms with Gasteiger partial charge in [-0.25, -0.2) is 0 Å². The molecule has 16 heavy (non-hydrogen) atoms. The van der Waals surface area contributed by atoms with Crippen molar-refractivity contribution < 1.29 is 9.53 Å². The Morgan fingerprint density at radius 1 is 1.38 bits per heavy atom. The van der Waals surface area contributed by atoms with E-state index in [9.17, 15) is 4.79 Å². The number of piperidine rings is 1. The minimum Gasteiger partial charge on any atom is -0.461 e. The van der Waals surface area contributed by atoms with E-state index in [2.05, 4.69) is 11.5 Å². The Labute approximate surface area is 98.5 Å². The number of nitrogens with zero attached hydrogens (tertiary/aromatic N) is 1. The molecule has 1 heterocycles. The van der Waals surface area contributed by atoms with Crippen molar-refractivity contribution in [3.8, 4) is 0 Å². The number of hydrogen-bond donors (Lipinski definition) is 0. The molecule has 1 unspecified atom stereocenters. The molecule has 0 spiro atoms. The lowest BCUT2D eigenvalue weighted by molar-refractivity contribution is -0.149. The molecule has 1 aliphatic heterocycles. The standard InChI is InChI=1S/C13H23NO2/c1-11(2)9-12(3)16-13(15)10-14-7-5-4-6-8-14/h12H,1,4-10H2,2-3H3. The summed E-state index contributed by atoms with van der Waals surface area (Å²) in [7, 11) is 0. The summed E-state index contributed by atoms with van der Waals surface area (Å²) in [6.45, 7) is 10.2. The van der Waals surface area contributed by atoms with Gasteiger partial charge in [-0.05, 0) is 39.8 Å². The third-order valence-electron chi connectivity index (χ3n) is 2.77. The van der Waals surface area contributed by atoms with Gasteiger partial charge in [-0.1, -0.05) is 12.0 Å². The lowest BCUT2D eigenvalue weighted by Gasteiger charge is -2.26. The lowest BCUT2D eigenvalue weighted by Crippen LogP contribution is -2.36. The molecule has 1 rings (SSSR count). The Morgan fingerprint density at radius 3 is 2.56 bits per heavy atom. The van der Waals surface area contributed by atoms with Crippen LogP contribution in [-0.2, 0) is 9.53 Å². The summed E-state index contributed by atoms with van der Waals surface area (Å²) in [5, 5.41) is 0. The van der Waals surface area contributed by atoms with Gasteiger partial charge in [0.05, 0.1) is 6.54 Å². The predicted molar refractivity (Wildman–Crippen MR) is 65.3 cm³/mol. The van der Waals surface area contributed by atoms with Crippen LogP contribution in [0.25, 0.3) is 0 Å². The molecule has 3 heteroatoms. The van der Waals surface area contributed by atoms with Gasteiger partial charge in [0.2, 0.25) is 0 Å². The first-order valence-electron chi connectivity index (χ1n) is 6.14. The minimum absolute atomic E-state index is 0.0465. The third-order valence-corrected chi connectivity index (χ3v) is 2.77. The average Bonchev–Trinajstić information content (AvgIpc) is 2.17. The van der Waals surface area contributed by atoms with Crippen molar-refractivity contribution in [3.05, 3.63) is 12.2 Å². The zero-order valence-electron chi connectivity index (χ0n) is 10.5.